The van der Waals surface area contributed by atoms with E-state index in [1.54, 1.807) is 30.3 Å². The fourth-order valence-corrected chi connectivity index (χ4v) is 3.80. The topological polar surface area (TPSA) is 108 Å². The molecule has 1 saturated heterocycles. The maximum Gasteiger partial charge on any atom is 0.255 e. The molecule has 1 atom stereocenters. The first kappa shape index (κ1) is 19.2. The molecular weight excluding hydrogens is 403 g/mol. The van der Waals surface area contributed by atoms with Crippen LogP contribution in [0.15, 0.2) is 36.4 Å². The fraction of sp³-hybridized carbons (Fsp3) is 0.273. The van der Waals surface area contributed by atoms with Crippen molar-refractivity contribution in [2.75, 3.05) is 12.4 Å². The number of rotatable bonds is 5. The normalized spacial score (nSPS) is 20.8. The highest BCUT2D eigenvalue weighted by Crippen LogP contribution is 2.32. The molecule has 2 aromatic carbocycles. The summed E-state index contributed by atoms with van der Waals surface area (Å²) < 4.78 is 23.3. The predicted molar refractivity (Wildman–Crippen MR) is 110 cm³/mol. The number of piperidine rings is 1. The van der Waals surface area contributed by atoms with E-state index in [0.717, 1.165) is 4.90 Å². The lowest BCUT2D eigenvalue weighted by Crippen LogP contribution is -2.52. The van der Waals surface area contributed by atoms with Gasteiger partial charge in [0.15, 0.2) is 0 Å². The lowest BCUT2D eigenvalue weighted by molar-refractivity contribution is -0.136. The number of amides is 4. The molecule has 0 unspecified atom stereocenters. The van der Waals surface area contributed by atoms with E-state index >= 15 is 0 Å². The molecule has 2 aromatic rings. The van der Waals surface area contributed by atoms with Crippen LogP contribution < -0.4 is 16.0 Å². The summed E-state index contributed by atoms with van der Waals surface area (Å²) in [5.74, 6) is -2.94. The molecule has 2 heterocycles. The summed E-state index contributed by atoms with van der Waals surface area (Å²) in [6.45, 7) is 0.0610. The molecule has 4 amide bonds. The molecule has 160 valence electrons. The van der Waals surface area contributed by atoms with Crippen molar-refractivity contribution in [1.29, 1.82) is 0 Å². The predicted octanol–water partition coefficient (Wildman–Crippen LogP) is 1.56. The van der Waals surface area contributed by atoms with E-state index in [1.807, 2.05) is 0 Å². The zero-order valence-corrected chi connectivity index (χ0v) is 16.8. The van der Waals surface area contributed by atoms with Crippen LogP contribution in [0.4, 0.5) is 10.1 Å². The second-order valence-corrected chi connectivity index (χ2v) is 7.26. The van der Waals surface area contributed by atoms with Gasteiger partial charge in [-0.2, -0.15) is 0 Å². The van der Waals surface area contributed by atoms with Crippen LogP contribution in [0.5, 0.6) is 0 Å². The number of fused-ring (bicyclic) bond motifs is 1. The summed E-state index contributed by atoms with van der Waals surface area (Å²) in [4.78, 5) is 49.8. The molecule has 9 heteroatoms. The van der Waals surface area contributed by atoms with Crippen LogP contribution in [0.3, 0.4) is 0 Å². The van der Waals surface area contributed by atoms with Gasteiger partial charge in [-0.05, 0) is 24.6 Å². The second kappa shape index (κ2) is 8.17. The average Bonchev–Trinajstić information content (AvgIpc) is 3.13. The van der Waals surface area contributed by atoms with Gasteiger partial charge in [0.1, 0.15) is 11.8 Å². The molecule has 3 N–H and O–H groups in total. The SMILES string of the molecule is [2H][C@]1(N2Cc3c(NCc4cccc(C(=O)NC)c4F)cccc3C2=O)CCC(=O)NC1=O. The Balaban J connectivity index is 1.58. The highest BCUT2D eigenvalue weighted by molar-refractivity contribution is 6.06. The van der Waals surface area contributed by atoms with Crippen molar-refractivity contribution < 1.29 is 24.9 Å². The van der Waals surface area contributed by atoms with E-state index in [4.69, 9.17) is 1.37 Å². The number of halogens is 1. The van der Waals surface area contributed by atoms with Gasteiger partial charge in [-0.15, -0.1) is 0 Å². The summed E-state index contributed by atoms with van der Waals surface area (Å²) in [5, 5.41) is 7.62. The number of carbonyl (C=O) groups excluding carboxylic acids is 4. The molecule has 0 spiro atoms. The number of imide groups is 1. The molecule has 0 radical (unpaired) electrons. The molecule has 0 aliphatic carbocycles. The van der Waals surface area contributed by atoms with Crippen LogP contribution >= 0.6 is 0 Å². The molecular formula is C22H21FN4O4. The minimum absolute atomic E-state index is 0.00319. The Kier molecular flexibility index (Phi) is 5.07. The summed E-state index contributed by atoms with van der Waals surface area (Å²) in [6.07, 6.45) is -0.112. The third-order valence-electron chi connectivity index (χ3n) is 5.42. The number of carbonyl (C=O) groups is 4. The van der Waals surface area contributed by atoms with E-state index in [1.165, 1.54) is 13.1 Å². The standard InChI is InChI=1S/C22H21FN4O4/c1-24-20(29)14-6-2-4-12(19(14)23)10-25-16-7-3-5-13-15(16)11-27(22(13)31)17-8-9-18(28)26-21(17)30/h2-7,17,25H,8-11H2,1H3,(H,24,29)(H,26,28,30)/t17-/m0/s1/i17D. The zero-order chi connectivity index (χ0) is 23.0. The van der Waals surface area contributed by atoms with Gasteiger partial charge in [-0.3, -0.25) is 24.5 Å². The van der Waals surface area contributed by atoms with Crippen LogP contribution in [0.25, 0.3) is 0 Å². The van der Waals surface area contributed by atoms with E-state index in [2.05, 4.69) is 16.0 Å². The molecule has 0 bridgehead atoms. The lowest BCUT2D eigenvalue weighted by Gasteiger charge is -2.29. The molecule has 0 aromatic heterocycles. The Labute approximate surface area is 179 Å². The van der Waals surface area contributed by atoms with Crippen LogP contribution in [0.1, 0.15) is 46.1 Å². The fourth-order valence-electron chi connectivity index (χ4n) is 3.80. The molecule has 2 aliphatic rings. The highest BCUT2D eigenvalue weighted by Gasteiger charge is 2.39. The number of benzene rings is 2. The molecule has 2 aliphatic heterocycles. The van der Waals surface area contributed by atoms with Gasteiger partial charge in [-0.1, -0.05) is 18.2 Å². The molecule has 4 rings (SSSR count). The molecule has 8 nitrogen and oxygen atoms in total. The smallest absolute Gasteiger partial charge is 0.255 e. The second-order valence-electron chi connectivity index (χ2n) is 7.26. The highest BCUT2D eigenvalue weighted by atomic mass is 19.1. The summed E-state index contributed by atoms with van der Waals surface area (Å²) >= 11 is 0. The average molecular weight is 425 g/mol. The van der Waals surface area contributed by atoms with Crippen LogP contribution in [0.2, 0.25) is 0 Å². The Hall–Kier alpha value is -3.75. The number of anilines is 1. The van der Waals surface area contributed by atoms with Crippen molar-refractivity contribution >= 4 is 29.3 Å². The summed E-state index contributed by atoms with van der Waals surface area (Å²) in [5.41, 5.74) is 1.68. The number of nitrogens with zero attached hydrogens (tertiary/aromatic N) is 1. The number of hydrogen-bond donors (Lipinski definition) is 3. The van der Waals surface area contributed by atoms with Crippen molar-refractivity contribution in [3.63, 3.8) is 0 Å². The van der Waals surface area contributed by atoms with Crippen LogP contribution in [-0.2, 0) is 22.7 Å². The van der Waals surface area contributed by atoms with Gasteiger partial charge in [0.2, 0.25) is 11.8 Å². The van der Waals surface area contributed by atoms with Crippen molar-refractivity contribution in [3.8, 4) is 0 Å². The monoisotopic (exact) mass is 425 g/mol. The van der Waals surface area contributed by atoms with Crippen molar-refractivity contribution in [2.24, 2.45) is 0 Å². The van der Waals surface area contributed by atoms with Gasteiger partial charge in [0, 0.05) is 48.9 Å². The van der Waals surface area contributed by atoms with Gasteiger partial charge >= 0.3 is 0 Å². The molecule has 31 heavy (non-hydrogen) atoms. The van der Waals surface area contributed by atoms with Gasteiger partial charge in [0.05, 0.1) is 6.93 Å². The van der Waals surface area contributed by atoms with Gasteiger partial charge in [0.25, 0.3) is 11.8 Å². The van der Waals surface area contributed by atoms with E-state index in [0.29, 0.717) is 16.8 Å². The maximum absolute atomic E-state index is 14.7. The van der Waals surface area contributed by atoms with Gasteiger partial charge in [-0.25, -0.2) is 4.39 Å². The summed E-state index contributed by atoms with van der Waals surface area (Å²) in [7, 11) is 1.42. The van der Waals surface area contributed by atoms with Crippen LogP contribution in [-0.4, -0.2) is 41.6 Å². The summed E-state index contributed by atoms with van der Waals surface area (Å²) in [6, 6.07) is 7.62. The zero-order valence-electron chi connectivity index (χ0n) is 17.8. The maximum atomic E-state index is 14.7. The number of hydrogen-bond acceptors (Lipinski definition) is 5. The first-order chi connectivity index (χ1) is 15.3. The van der Waals surface area contributed by atoms with Crippen molar-refractivity contribution in [2.45, 2.75) is 31.9 Å². The van der Waals surface area contributed by atoms with Gasteiger partial charge < -0.3 is 15.5 Å². The molecule has 1 fully saturated rings. The Bertz CT molecular complexity index is 1150. The van der Waals surface area contributed by atoms with E-state index in [-0.39, 0.29) is 37.1 Å². The minimum atomic E-state index is -1.88. The lowest BCUT2D eigenvalue weighted by atomic mass is 10.0. The first-order valence-corrected chi connectivity index (χ1v) is 9.77. The third-order valence-corrected chi connectivity index (χ3v) is 5.42. The van der Waals surface area contributed by atoms with E-state index in [9.17, 15) is 23.6 Å². The first-order valence-electron chi connectivity index (χ1n) is 10.3. The number of nitrogens with one attached hydrogen (secondary N) is 3. The van der Waals surface area contributed by atoms with Crippen LogP contribution in [0, 0.1) is 5.82 Å². The Morgan fingerprint density at radius 2 is 2.03 bits per heavy atom. The molecule has 0 saturated carbocycles. The van der Waals surface area contributed by atoms with E-state index < -0.39 is 35.5 Å². The largest absolute Gasteiger partial charge is 0.381 e. The quantitative estimate of drug-likeness (QED) is 0.631. The third kappa shape index (κ3) is 3.74. The Morgan fingerprint density at radius 3 is 2.77 bits per heavy atom. The minimum Gasteiger partial charge on any atom is -0.381 e. The van der Waals surface area contributed by atoms with Crippen molar-refractivity contribution in [1.82, 2.24) is 15.5 Å². The van der Waals surface area contributed by atoms with Crippen molar-refractivity contribution in [3.05, 3.63) is 64.5 Å². The Morgan fingerprint density at radius 1 is 1.26 bits per heavy atom.